The molecule has 2 unspecified atom stereocenters. The number of hydrogen-bond donors (Lipinski definition) is 2. The van der Waals surface area contributed by atoms with Gasteiger partial charge in [-0.1, -0.05) is 11.6 Å². The standard InChI is InChI=1S/C17H28N4O3/c1-10(2)18-16(22)13-7-6-8-14(9-13)19-17(23)21(5)15-11(3)20-24-12(15)4/h10,13-14H,6-9H2,1-5H3,(H,18,22)(H,19,23). The topological polar surface area (TPSA) is 87.5 Å². The molecule has 0 spiro atoms. The van der Waals surface area contributed by atoms with Crippen LogP contribution in [0.1, 0.15) is 51.0 Å². The summed E-state index contributed by atoms with van der Waals surface area (Å²) in [5.74, 6) is 0.668. The molecular weight excluding hydrogens is 308 g/mol. The first-order chi connectivity index (χ1) is 11.3. The smallest absolute Gasteiger partial charge is 0.321 e. The molecule has 0 aromatic carbocycles. The van der Waals surface area contributed by atoms with Gasteiger partial charge in [0.1, 0.15) is 11.4 Å². The van der Waals surface area contributed by atoms with E-state index >= 15 is 0 Å². The molecule has 24 heavy (non-hydrogen) atoms. The first kappa shape index (κ1) is 18.3. The molecule has 1 aromatic heterocycles. The molecule has 2 N–H and O–H groups in total. The maximum atomic E-state index is 12.5. The summed E-state index contributed by atoms with van der Waals surface area (Å²) >= 11 is 0. The summed E-state index contributed by atoms with van der Waals surface area (Å²) in [6.45, 7) is 7.51. The van der Waals surface area contributed by atoms with Crippen LogP contribution in [0.15, 0.2) is 4.52 Å². The zero-order valence-corrected chi connectivity index (χ0v) is 15.2. The average Bonchev–Trinajstić information content (AvgIpc) is 2.85. The fourth-order valence-electron chi connectivity index (χ4n) is 3.29. The van der Waals surface area contributed by atoms with Crippen LogP contribution in [0.5, 0.6) is 0 Å². The lowest BCUT2D eigenvalue weighted by Crippen LogP contribution is -2.47. The molecule has 2 rings (SSSR count). The Balaban J connectivity index is 1.95. The van der Waals surface area contributed by atoms with E-state index in [1.54, 1.807) is 14.0 Å². The fraction of sp³-hybridized carbons (Fsp3) is 0.706. The molecule has 1 fully saturated rings. The third-order valence-corrected chi connectivity index (χ3v) is 4.44. The summed E-state index contributed by atoms with van der Waals surface area (Å²) in [6, 6.07) is -0.0467. The van der Waals surface area contributed by atoms with Crippen molar-refractivity contribution in [3.63, 3.8) is 0 Å². The first-order valence-electron chi connectivity index (χ1n) is 8.57. The summed E-state index contributed by atoms with van der Waals surface area (Å²) in [6.07, 6.45) is 3.40. The number of carbonyl (C=O) groups excluding carboxylic acids is 2. The van der Waals surface area contributed by atoms with Crippen LogP contribution in [0.25, 0.3) is 0 Å². The SMILES string of the molecule is Cc1noc(C)c1N(C)C(=O)NC1CCCC(C(=O)NC(C)C)C1. The van der Waals surface area contributed by atoms with Crippen molar-refractivity contribution < 1.29 is 14.1 Å². The number of amides is 3. The molecule has 7 heteroatoms. The molecule has 7 nitrogen and oxygen atoms in total. The number of anilines is 1. The monoisotopic (exact) mass is 336 g/mol. The Hall–Kier alpha value is -2.05. The lowest BCUT2D eigenvalue weighted by Gasteiger charge is -2.30. The minimum atomic E-state index is -0.195. The molecule has 3 amide bonds. The summed E-state index contributed by atoms with van der Waals surface area (Å²) in [5.41, 5.74) is 1.38. The van der Waals surface area contributed by atoms with Crippen LogP contribution in [0.3, 0.4) is 0 Å². The van der Waals surface area contributed by atoms with Gasteiger partial charge >= 0.3 is 6.03 Å². The van der Waals surface area contributed by atoms with E-state index < -0.39 is 0 Å². The Kier molecular flexibility index (Phi) is 5.85. The number of hydrogen-bond acceptors (Lipinski definition) is 4. The van der Waals surface area contributed by atoms with Crippen LogP contribution in [0.4, 0.5) is 10.5 Å². The molecule has 1 heterocycles. The number of nitrogens with zero attached hydrogens (tertiary/aromatic N) is 2. The first-order valence-corrected chi connectivity index (χ1v) is 8.57. The average molecular weight is 336 g/mol. The molecule has 1 aromatic rings. The van der Waals surface area contributed by atoms with E-state index in [4.69, 9.17) is 4.52 Å². The van der Waals surface area contributed by atoms with Crippen molar-refractivity contribution in [2.24, 2.45) is 5.92 Å². The van der Waals surface area contributed by atoms with Crippen molar-refractivity contribution in [2.75, 3.05) is 11.9 Å². The van der Waals surface area contributed by atoms with Crippen LogP contribution >= 0.6 is 0 Å². The van der Waals surface area contributed by atoms with Crippen molar-refractivity contribution in [1.29, 1.82) is 0 Å². The lowest BCUT2D eigenvalue weighted by atomic mass is 9.85. The number of rotatable bonds is 4. The zero-order chi connectivity index (χ0) is 17.9. The van der Waals surface area contributed by atoms with Gasteiger partial charge in [-0.05, 0) is 47.0 Å². The highest BCUT2D eigenvalue weighted by molar-refractivity contribution is 5.92. The second-order valence-corrected chi connectivity index (χ2v) is 6.91. The van der Waals surface area contributed by atoms with Gasteiger partial charge < -0.3 is 15.2 Å². The van der Waals surface area contributed by atoms with Crippen LogP contribution in [0.2, 0.25) is 0 Å². The second kappa shape index (κ2) is 7.68. The third kappa shape index (κ3) is 4.27. The number of nitrogens with one attached hydrogen (secondary N) is 2. The predicted molar refractivity (Wildman–Crippen MR) is 91.9 cm³/mol. The minimum Gasteiger partial charge on any atom is -0.359 e. The van der Waals surface area contributed by atoms with Gasteiger partial charge in [0.15, 0.2) is 5.76 Å². The molecular formula is C17H28N4O3. The molecule has 1 aliphatic rings. The molecule has 2 atom stereocenters. The summed E-state index contributed by atoms with van der Waals surface area (Å²) < 4.78 is 5.12. The number of aryl methyl sites for hydroxylation is 2. The van der Waals surface area contributed by atoms with Crippen LogP contribution in [0, 0.1) is 19.8 Å². The van der Waals surface area contributed by atoms with Crippen LogP contribution in [-0.2, 0) is 4.79 Å². The second-order valence-electron chi connectivity index (χ2n) is 6.91. The van der Waals surface area contributed by atoms with E-state index in [0.29, 0.717) is 23.6 Å². The Morgan fingerprint density at radius 3 is 2.58 bits per heavy atom. The van der Waals surface area contributed by atoms with E-state index in [-0.39, 0.29) is 29.9 Å². The normalized spacial score (nSPS) is 20.8. The zero-order valence-electron chi connectivity index (χ0n) is 15.2. The molecule has 1 aliphatic carbocycles. The van der Waals surface area contributed by atoms with E-state index in [1.807, 2.05) is 20.8 Å². The number of aromatic nitrogens is 1. The minimum absolute atomic E-state index is 0.0112. The number of carbonyl (C=O) groups is 2. The third-order valence-electron chi connectivity index (χ3n) is 4.44. The highest BCUT2D eigenvalue weighted by Crippen LogP contribution is 2.26. The maximum Gasteiger partial charge on any atom is 0.321 e. The quantitative estimate of drug-likeness (QED) is 0.884. The Morgan fingerprint density at radius 1 is 1.29 bits per heavy atom. The van der Waals surface area contributed by atoms with Gasteiger partial charge in [0.05, 0.1) is 0 Å². The Labute approximate surface area is 143 Å². The van der Waals surface area contributed by atoms with Gasteiger partial charge in [0, 0.05) is 25.0 Å². The lowest BCUT2D eigenvalue weighted by molar-refractivity contribution is -0.126. The molecule has 1 saturated carbocycles. The van der Waals surface area contributed by atoms with Crippen molar-refractivity contribution in [3.8, 4) is 0 Å². The van der Waals surface area contributed by atoms with Crippen LogP contribution < -0.4 is 15.5 Å². The van der Waals surface area contributed by atoms with Gasteiger partial charge in [-0.15, -0.1) is 0 Å². The van der Waals surface area contributed by atoms with Crippen LogP contribution in [-0.4, -0.2) is 36.2 Å². The van der Waals surface area contributed by atoms with E-state index in [9.17, 15) is 9.59 Å². The molecule has 0 saturated heterocycles. The van der Waals surface area contributed by atoms with Gasteiger partial charge in [0.2, 0.25) is 5.91 Å². The predicted octanol–water partition coefficient (Wildman–Crippen LogP) is 2.52. The van der Waals surface area contributed by atoms with Gasteiger partial charge in [0.25, 0.3) is 0 Å². The molecule has 134 valence electrons. The number of urea groups is 1. The van der Waals surface area contributed by atoms with E-state index in [1.165, 1.54) is 4.90 Å². The van der Waals surface area contributed by atoms with Crippen molar-refractivity contribution in [2.45, 2.75) is 65.5 Å². The summed E-state index contributed by atoms with van der Waals surface area (Å²) in [5, 5.41) is 9.88. The summed E-state index contributed by atoms with van der Waals surface area (Å²) in [4.78, 5) is 26.2. The highest BCUT2D eigenvalue weighted by atomic mass is 16.5. The maximum absolute atomic E-state index is 12.5. The fourth-order valence-corrected chi connectivity index (χ4v) is 3.29. The Morgan fingerprint density at radius 2 is 2.00 bits per heavy atom. The van der Waals surface area contributed by atoms with Gasteiger partial charge in [-0.25, -0.2) is 4.79 Å². The van der Waals surface area contributed by atoms with Gasteiger partial charge in [-0.2, -0.15) is 0 Å². The van der Waals surface area contributed by atoms with Crippen molar-refractivity contribution in [3.05, 3.63) is 11.5 Å². The Bertz CT molecular complexity index is 577. The largest absolute Gasteiger partial charge is 0.359 e. The van der Waals surface area contributed by atoms with Crippen molar-refractivity contribution in [1.82, 2.24) is 15.8 Å². The molecule has 0 bridgehead atoms. The highest BCUT2D eigenvalue weighted by Gasteiger charge is 2.29. The van der Waals surface area contributed by atoms with Gasteiger partial charge in [-0.3, -0.25) is 9.69 Å². The summed E-state index contributed by atoms with van der Waals surface area (Å²) in [7, 11) is 1.70. The van der Waals surface area contributed by atoms with E-state index in [2.05, 4.69) is 15.8 Å². The molecule has 0 aliphatic heterocycles. The van der Waals surface area contributed by atoms with Crippen molar-refractivity contribution >= 4 is 17.6 Å². The van der Waals surface area contributed by atoms with E-state index in [0.717, 1.165) is 19.3 Å². The molecule has 0 radical (unpaired) electrons.